The van der Waals surface area contributed by atoms with Crippen molar-refractivity contribution in [3.8, 4) is 5.69 Å². The molecular formula is C25H25N7O. The normalized spacial score (nSPS) is 13.7. The standard InChI is InChI=1S/C25H25N7O/c1-2-22(33)27-19-13-8-14-20(15-19)32-23-21(30-25(32)29-18-9-4-3-5-10-18)16-26-24(31-23)28-17-11-6-7-12-17/h2-5,8-10,13-17H,1,6-7,11-12H2,(H,27,33)(H,29,30)(H,26,28,31). The molecule has 0 saturated heterocycles. The maximum absolute atomic E-state index is 11.8. The Labute approximate surface area is 191 Å². The zero-order chi connectivity index (χ0) is 22.6. The number of anilines is 4. The molecule has 0 spiro atoms. The van der Waals surface area contributed by atoms with E-state index < -0.39 is 0 Å². The number of benzene rings is 2. The van der Waals surface area contributed by atoms with Crippen LogP contribution in [-0.2, 0) is 4.79 Å². The zero-order valence-electron chi connectivity index (χ0n) is 18.2. The minimum atomic E-state index is -0.268. The topological polar surface area (TPSA) is 96.8 Å². The number of carbonyl (C=O) groups excluding carboxylic acids is 1. The lowest BCUT2D eigenvalue weighted by atomic mass is 10.2. The molecule has 8 heteroatoms. The van der Waals surface area contributed by atoms with Gasteiger partial charge in [-0.2, -0.15) is 4.98 Å². The average molecular weight is 440 g/mol. The second kappa shape index (κ2) is 9.12. The number of carbonyl (C=O) groups is 1. The van der Waals surface area contributed by atoms with E-state index in [9.17, 15) is 4.79 Å². The molecule has 5 rings (SSSR count). The van der Waals surface area contributed by atoms with Crippen molar-refractivity contribution in [2.75, 3.05) is 16.0 Å². The maximum atomic E-state index is 11.8. The zero-order valence-corrected chi connectivity index (χ0v) is 18.2. The van der Waals surface area contributed by atoms with Crippen LogP contribution >= 0.6 is 0 Å². The summed E-state index contributed by atoms with van der Waals surface area (Å²) in [5.74, 6) is 0.935. The molecule has 1 saturated carbocycles. The summed E-state index contributed by atoms with van der Waals surface area (Å²) >= 11 is 0. The van der Waals surface area contributed by atoms with Gasteiger partial charge in [0.05, 0.1) is 11.9 Å². The van der Waals surface area contributed by atoms with Crippen LogP contribution in [0.3, 0.4) is 0 Å². The van der Waals surface area contributed by atoms with Gasteiger partial charge < -0.3 is 16.0 Å². The van der Waals surface area contributed by atoms with Gasteiger partial charge in [0.2, 0.25) is 17.8 Å². The van der Waals surface area contributed by atoms with Crippen LogP contribution in [-0.4, -0.2) is 31.5 Å². The summed E-state index contributed by atoms with van der Waals surface area (Å²) in [5.41, 5.74) is 3.72. The quantitative estimate of drug-likeness (QED) is 0.349. The minimum Gasteiger partial charge on any atom is -0.351 e. The summed E-state index contributed by atoms with van der Waals surface area (Å²) in [7, 11) is 0. The molecule has 1 amide bonds. The second-order valence-corrected chi connectivity index (χ2v) is 8.03. The molecule has 3 N–H and O–H groups in total. The molecule has 0 unspecified atom stereocenters. The number of amides is 1. The lowest BCUT2D eigenvalue weighted by molar-refractivity contribution is -0.111. The third-order valence-corrected chi connectivity index (χ3v) is 5.68. The molecular weight excluding hydrogens is 414 g/mol. The van der Waals surface area contributed by atoms with Gasteiger partial charge >= 0.3 is 0 Å². The molecule has 4 aromatic rings. The van der Waals surface area contributed by atoms with Gasteiger partial charge in [-0.25, -0.2) is 9.97 Å². The van der Waals surface area contributed by atoms with Gasteiger partial charge in [0, 0.05) is 17.4 Å². The van der Waals surface area contributed by atoms with Crippen molar-refractivity contribution < 1.29 is 4.79 Å². The first-order chi connectivity index (χ1) is 16.2. The van der Waals surface area contributed by atoms with Gasteiger partial charge in [0.25, 0.3) is 0 Å². The number of nitrogens with one attached hydrogen (secondary N) is 3. The molecule has 33 heavy (non-hydrogen) atoms. The molecule has 1 fully saturated rings. The van der Waals surface area contributed by atoms with E-state index in [-0.39, 0.29) is 5.91 Å². The Kier molecular flexibility index (Phi) is 5.72. The van der Waals surface area contributed by atoms with Crippen LogP contribution in [0.5, 0.6) is 0 Å². The number of fused-ring (bicyclic) bond motifs is 1. The summed E-state index contributed by atoms with van der Waals surface area (Å²) < 4.78 is 1.94. The fourth-order valence-electron chi connectivity index (χ4n) is 4.09. The average Bonchev–Trinajstić information content (AvgIpc) is 3.47. The second-order valence-electron chi connectivity index (χ2n) is 8.03. The number of rotatable bonds is 7. The first-order valence-electron chi connectivity index (χ1n) is 11.1. The van der Waals surface area contributed by atoms with Crippen LogP contribution in [0.25, 0.3) is 16.9 Å². The Bertz CT molecular complexity index is 1290. The van der Waals surface area contributed by atoms with Gasteiger partial charge in [-0.1, -0.05) is 43.7 Å². The summed E-state index contributed by atoms with van der Waals surface area (Å²) in [6.07, 6.45) is 7.71. The van der Waals surface area contributed by atoms with Crippen molar-refractivity contribution in [2.24, 2.45) is 0 Å². The van der Waals surface area contributed by atoms with Crippen LogP contribution in [0.15, 0.2) is 73.4 Å². The summed E-state index contributed by atoms with van der Waals surface area (Å²) in [5, 5.41) is 9.66. The van der Waals surface area contributed by atoms with Gasteiger partial charge in [0.15, 0.2) is 5.65 Å². The molecule has 0 atom stereocenters. The first kappa shape index (κ1) is 20.7. The van der Waals surface area contributed by atoms with Crippen molar-refractivity contribution in [1.29, 1.82) is 0 Å². The summed E-state index contributed by atoms with van der Waals surface area (Å²) in [6, 6.07) is 17.8. The summed E-state index contributed by atoms with van der Waals surface area (Å²) in [4.78, 5) is 25.9. The van der Waals surface area contributed by atoms with Crippen molar-refractivity contribution in [1.82, 2.24) is 19.5 Å². The lowest BCUT2D eigenvalue weighted by Gasteiger charge is -2.13. The van der Waals surface area contributed by atoms with E-state index in [0.717, 1.165) is 24.2 Å². The molecule has 0 radical (unpaired) electrons. The van der Waals surface area contributed by atoms with E-state index in [4.69, 9.17) is 9.97 Å². The number of para-hydroxylation sites is 1. The van der Waals surface area contributed by atoms with E-state index in [1.807, 2.05) is 59.2 Å². The fourth-order valence-corrected chi connectivity index (χ4v) is 4.09. The molecule has 166 valence electrons. The molecule has 0 aliphatic heterocycles. The highest BCUT2D eigenvalue weighted by atomic mass is 16.1. The van der Waals surface area contributed by atoms with Crippen LogP contribution < -0.4 is 16.0 Å². The Morgan fingerprint density at radius 1 is 1.03 bits per heavy atom. The maximum Gasteiger partial charge on any atom is 0.247 e. The molecule has 1 aliphatic carbocycles. The number of imidazole rings is 1. The van der Waals surface area contributed by atoms with Crippen LogP contribution in [0.1, 0.15) is 25.7 Å². The van der Waals surface area contributed by atoms with Crippen LogP contribution in [0.4, 0.5) is 23.3 Å². The predicted octanol–water partition coefficient (Wildman–Crippen LogP) is 5.04. The first-order valence-corrected chi connectivity index (χ1v) is 11.1. The van der Waals surface area contributed by atoms with Crippen molar-refractivity contribution in [2.45, 2.75) is 31.7 Å². The Morgan fingerprint density at radius 3 is 2.61 bits per heavy atom. The smallest absolute Gasteiger partial charge is 0.247 e. The number of hydrogen-bond acceptors (Lipinski definition) is 6. The lowest BCUT2D eigenvalue weighted by Crippen LogP contribution is -2.16. The van der Waals surface area contributed by atoms with Gasteiger partial charge in [-0.05, 0) is 49.2 Å². The Hall–Kier alpha value is -4.20. The van der Waals surface area contributed by atoms with Crippen molar-refractivity contribution >= 4 is 40.3 Å². The molecule has 2 aromatic heterocycles. The van der Waals surface area contributed by atoms with Crippen molar-refractivity contribution in [3.05, 3.63) is 73.4 Å². The van der Waals surface area contributed by atoms with Crippen LogP contribution in [0, 0.1) is 0 Å². The minimum absolute atomic E-state index is 0.268. The van der Waals surface area contributed by atoms with Gasteiger partial charge in [0.1, 0.15) is 5.52 Å². The van der Waals surface area contributed by atoms with E-state index in [2.05, 4.69) is 27.5 Å². The largest absolute Gasteiger partial charge is 0.351 e. The number of aromatic nitrogens is 4. The Morgan fingerprint density at radius 2 is 1.82 bits per heavy atom. The third kappa shape index (κ3) is 4.55. The molecule has 0 bridgehead atoms. The molecule has 8 nitrogen and oxygen atoms in total. The predicted molar refractivity (Wildman–Crippen MR) is 131 cm³/mol. The SMILES string of the molecule is C=CC(=O)Nc1cccc(-n2c(Nc3ccccc3)nc3cnc(NC4CCCC4)nc32)c1. The number of hydrogen-bond donors (Lipinski definition) is 3. The van der Waals surface area contributed by atoms with E-state index in [1.54, 1.807) is 6.20 Å². The highest BCUT2D eigenvalue weighted by molar-refractivity contribution is 5.99. The molecule has 1 aliphatic rings. The van der Waals surface area contributed by atoms with E-state index >= 15 is 0 Å². The highest BCUT2D eigenvalue weighted by Crippen LogP contribution is 2.28. The molecule has 2 heterocycles. The van der Waals surface area contributed by atoms with Gasteiger partial charge in [-0.3, -0.25) is 9.36 Å². The Balaban J connectivity index is 1.59. The molecule has 2 aromatic carbocycles. The monoisotopic (exact) mass is 439 g/mol. The van der Waals surface area contributed by atoms with E-state index in [0.29, 0.717) is 34.8 Å². The van der Waals surface area contributed by atoms with Gasteiger partial charge in [-0.15, -0.1) is 0 Å². The highest BCUT2D eigenvalue weighted by Gasteiger charge is 2.19. The fraction of sp³-hybridized carbons (Fsp3) is 0.200. The van der Waals surface area contributed by atoms with E-state index in [1.165, 1.54) is 18.9 Å². The van der Waals surface area contributed by atoms with Crippen LogP contribution in [0.2, 0.25) is 0 Å². The third-order valence-electron chi connectivity index (χ3n) is 5.68. The summed E-state index contributed by atoms with van der Waals surface area (Å²) in [6.45, 7) is 3.52. The number of nitrogens with zero attached hydrogens (tertiary/aromatic N) is 4. The van der Waals surface area contributed by atoms with Crippen molar-refractivity contribution in [3.63, 3.8) is 0 Å².